The Balaban J connectivity index is 2.23. The lowest BCUT2D eigenvalue weighted by Crippen LogP contribution is -2.08. The lowest BCUT2D eigenvalue weighted by Gasteiger charge is -2.14. The lowest BCUT2D eigenvalue weighted by atomic mass is 10.1. The first kappa shape index (κ1) is 18.6. The molecule has 0 aromatic heterocycles. The van der Waals surface area contributed by atoms with Gasteiger partial charge < -0.3 is 14.6 Å². The quantitative estimate of drug-likeness (QED) is 0.577. The van der Waals surface area contributed by atoms with Gasteiger partial charge in [0.2, 0.25) is 0 Å². The summed E-state index contributed by atoms with van der Waals surface area (Å²) in [6.07, 6.45) is 3.32. The number of hydrogen-bond donors (Lipinski definition) is 1. The number of aromatic hydroxyl groups is 1. The Labute approximate surface area is 148 Å². The van der Waals surface area contributed by atoms with Crippen LogP contribution in [0.15, 0.2) is 48.5 Å². The highest BCUT2D eigenvalue weighted by molar-refractivity contribution is 6.06. The van der Waals surface area contributed by atoms with Gasteiger partial charge in [-0.15, -0.1) is 0 Å². The normalized spacial score (nSPS) is 11.3. The minimum atomic E-state index is -0.137. The van der Waals surface area contributed by atoms with Crippen LogP contribution in [0.25, 0.3) is 6.08 Å². The van der Waals surface area contributed by atoms with Crippen LogP contribution in [0.1, 0.15) is 43.6 Å². The van der Waals surface area contributed by atoms with Crippen LogP contribution in [0.5, 0.6) is 17.2 Å². The van der Waals surface area contributed by atoms with Gasteiger partial charge in [0.15, 0.2) is 5.78 Å². The molecule has 132 valence electrons. The number of phenolic OH excluding ortho intramolecular Hbond substituents is 1. The van der Waals surface area contributed by atoms with Crippen LogP contribution in [0.4, 0.5) is 0 Å². The number of carbonyl (C=O) groups is 1. The highest BCUT2D eigenvalue weighted by Gasteiger charge is 2.06. The van der Waals surface area contributed by atoms with Crippen molar-refractivity contribution in [1.29, 1.82) is 0 Å². The first-order valence-electron chi connectivity index (χ1n) is 8.33. The molecule has 4 nitrogen and oxygen atoms in total. The average molecular weight is 340 g/mol. The number of phenols is 1. The molecule has 0 heterocycles. The molecular formula is C21H24O4. The van der Waals surface area contributed by atoms with E-state index in [0.29, 0.717) is 17.1 Å². The molecule has 0 radical (unpaired) electrons. The second-order valence-corrected chi connectivity index (χ2v) is 6.32. The van der Waals surface area contributed by atoms with Gasteiger partial charge in [0.05, 0.1) is 12.2 Å². The molecule has 0 fully saturated rings. The fraction of sp³-hybridized carbons (Fsp3) is 0.286. The number of ether oxygens (including phenoxy) is 2. The molecule has 0 saturated carbocycles. The van der Waals surface area contributed by atoms with E-state index in [1.54, 1.807) is 18.2 Å². The largest absolute Gasteiger partial charge is 0.508 e. The third kappa shape index (κ3) is 5.99. The van der Waals surface area contributed by atoms with Gasteiger partial charge in [0.25, 0.3) is 0 Å². The molecule has 0 unspecified atom stereocenters. The van der Waals surface area contributed by atoms with Crippen molar-refractivity contribution < 1.29 is 19.4 Å². The second-order valence-electron chi connectivity index (χ2n) is 6.32. The van der Waals surface area contributed by atoms with Gasteiger partial charge in [-0.25, -0.2) is 0 Å². The van der Waals surface area contributed by atoms with Gasteiger partial charge in [-0.3, -0.25) is 4.79 Å². The summed E-state index contributed by atoms with van der Waals surface area (Å²) >= 11 is 0. The van der Waals surface area contributed by atoms with Crippen molar-refractivity contribution >= 4 is 11.9 Å². The van der Waals surface area contributed by atoms with Gasteiger partial charge in [-0.2, -0.15) is 0 Å². The Kier molecular flexibility index (Phi) is 6.23. The summed E-state index contributed by atoms with van der Waals surface area (Å²) in [5, 5.41) is 9.29. The maximum atomic E-state index is 12.2. The fourth-order valence-electron chi connectivity index (χ4n) is 2.26. The van der Waals surface area contributed by atoms with E-state index in [4.69, 9.17) is 9.47 Å². The molecule has 2 aromatic carbocycles. The molecule has 1 N–H and O–H groups in total. The fourth-order valence-corrected chi connectivity index (χ4v) is 2.26. The number of ketones is 1. The maximum Gasteiger partial charge on any atom is 0.185 e. The van der Waals surface area contributed by atoms with Gasteiger partial charge in [0.1, 0.15) is 17.2 Å². The Morgan fingerprint density at radius 3 is 1.92 bits per heavy atom. The first-order valence-corrected chi connectivity index (χ1v) is 8.33. The number of carbonyl (C=O) groups excluding carboxylic acids is 1. The zero-order valence-electron chi connectivity index (χ0n) is 15.0. The third-order valence-corrected chi connectivity index (χ3v) is 3.22. The van der Waals surface area contributed by atoms with Crippen LogP contribution in [0, 0.1) is 0 Å². The van der Waals surface area contributed by atoms with E-state index >= 15 is 0 Å². The van der Waals surface area contributed by atoms with Crippen molar-refractivity contribution in [2.75, 3.05) is 0 Å². The van der Waals surface area contributed by atoms with E-state index in [-0.39, 0.29) is 23.7 Å². The van der Waals surface area contributed by atoms with E-state index in [2.05, 4.69) is 0 Å². The zero-order chi connectivity index (χ0) is 18.4. The van der Waals surface area contributed by atoms with E-state index in [1.807, 2.05) is 45.9 Å². The average Bonchev–Trinajstić information content (AvgIpc) is 2.51. The van der Waals surface area contributed by atoms with Crippen molar-refractivity contribution in [1.82, 2.24) is 0 Å². The molecule has 25 heavy (non-hydrogen) atoms. The monoisotopic (exact) mass is 340 g/mol. The van der Waals surface area contributed by atoms with Crippen LogP contribution in [-0.2, 0) is 0 Å². The summed E-state index contributed by atoms with van der Waals surface area (Å²) in [5.41, 5.74) is 1.34. The van der Waals surface area contributed by atoms with Crippen LogP contribution in [0.3, 0.4) is 0 Å². The molecule has 0 aliphatic rings. The molecular weight excluding hydrogens is 316 g/mol. The van der Waals surface area contributed by atoms with Crippen LogP contribution < -0.4 is 9.47 Å². The molecule has 0 spiro atoms. The van der Waals surface area contributed by atoms with Gasteiger partial charge in [0, 0.05) is 11.6 Å². The highest BCUT2D eigenvalue weighted by Crippen LogP contribution is 2.26. The predicted molar refractivity (Wildman–Crippen MR) is 99.4 cm³/mol. The summed E-state index contributed by atoms with van der Waals surface area (Å²) in [7, 11) is 0. The van der Waals surface area contributed by atoms with Crippen LogP contribution in [0.2, 0.25) is 0 Å². The van der Waals surface area contributed by atoms with Crippen molar-refractivity contribution in [3.63, 3.8) is 0 Å². The summed E-state index contributed by atoms with van der Waals surface area (Å²) in [5.74, 6) is 1.39. The first-order chi connectivity index (χ1) is 11.8. The number of hydrogen-bond acceptors (Lipinski definition) is 4. The molecule has 4 heteroatoms. The zero-order valence-corrected chi connectivity index (χ0v) is 15.0. The standard InChI is InChI=1S/C21H24O4/c1-14(2)24-19-11-16(12-20(13-19)25-15(3)4)5-10-21(23)17-6-8-18(22)9-7-17/h5-15,22H,1-4H3. The molecule has 2 rings (SSSR count). The van der Waals surface area contributed by atoms with E-state index in [0.717, 1.165) is 5.56 Å². The third-order valence-electron chi connectivity index (χ3n) is 3.22. The Bertz CT molecular complexity index is 715. The summed E-state index contributed by atoms with van der Waals surface area (Å²) < 4.78 is 11.5. The van der Waals surface area contributed by atoms with Crippen LogP contribution >= 0.6 is 0 Å². The minimum absolute atomic E-state index is 0.0461. The summed E-state index contributed by atoms with van der Waals surface area (Å²) in [4.78, 5) is 12.2. The smallest absolute Gasteiger partial charge is 0.185 e. The Morgan fingerprint density at radius 1 is 0.920 bits per heavy atom. The summed E-state index contributed by atoms with van der Waals surface area (Å²) in [6.45, 7) is 7.83. The Morgan fingerprint density at radius 2 is 1.44 bits per heavy atom. The predicted octanol–water partition coefficient (Wildman–Crippen LogP) is 4.86. The van der Waals surface area contributed by atoms with Crippen molar-refractivity contribution in [3.8, 4) is 17.2 Å². The van der Waals surface area contributed by atoms with E-state index in [1.165, 1.54) is 18.2 Å². The number of benzene rings is 2. The van der Waals surface area contributed by atoms with E-state index < -0.39 is 0 Å². The minimum Gasteiger partial charge on any atom is -0.508 e. The van der Waals surface area contributed by atoms with Crippen molar-refractivity contribution in [2.24, 2.45) is 0 Å². The SMILES string of the molecule is CC(C)Oc1cc(C=CC(=O)c2ccc(O)cc2)cc(OC(C)C)c1. The lowest BCUT2D eigenvalue weighted by molar-refractivity contribution is 0.104. The Hall–Kier alpha value is -2.75. The molecule has 0 atom stereocenters. The molecule has 0 aliphatic carbocycles. The van der Waals surface area contributed by atoms with Gasteiger partial charge in [-0.05, 0) is 75.7 Å². The molecule has 0 aliphatic heterocycles. The van der Waals surface area contributed by atoms with Crippen molar-refractivity contribution in [2.45, 2.75) is 39.9 Å². The second kappa shape index (κ2) is 8.38. The molecule has 0 saturated heterocycles. The maximum absolute atomic E-state index is 12.2. The van der Waals surface area contributed by atoms with Gasteiger partial charge >= 0.3 is 0 Å². The van der Waals surface area contributed by atoms with Crippen LogP contribution in [-0.4, -0.2) is 23.1 Å². The molecule has 0 amide bonds. The molecule has 0 bridgehead atoms. The van der Waals surface area contributed by atoms with Gasteiger partial charge in [-0.1, -0.05) is 6.08 Å². The number of rotatable bonds is 7. The molecule has 2 aromatic rings. The highest BCUT2D eigenvalue weighted by atomic mass is 16.5. The number of allylic oxidation sites excluding steroid dienone is 1. The summed E-state index contributed by atoms with van der Waals surface area (Å²) in [6, 6.07) is 11.8. The van der Waals surface area contributed by atoms with Crippen molar-refractivity contribution in [3.05, 3.63) is 59.7 Å². The topological polar surface area (TPSA) is 55.8 Å². The van der Waals surface area contributed by atoms with E-state index in [9.17, 15) is 9.90 Å².